The van der Waals surface area contributed by atoms with Gasteiger partial charge in [0.2, 0.25) is 10.0 Å². The highest BCUT2D eigenvalue weighted by Gasteiger charge is 2.33. The molecule has 0 saturated heterocycles. The van der Waals surface area contributed by atoms with Crippen LogP contribution in [0.25, 0.3) is 0 Å². The molecule has 0 aliphatic carbocycles. The second-order valence-corrected chi connectivity index (χ2v) is 8.85. The van der Waals surface area contributed by atoms with Crippen LogP contribution in [-0.2, 0) is 10.0 Å². The summed E-state index contributed by atoms with van der Waals surface area (Å²) < 4.78 is 65.2. The Morgan fingerprint density at radius 1 is 1.04 bits per heavy atom. The van der Waals surface area contributed by atoms with Crippen LogP contribution in [0.1, 0.15) is 29.2 Å². The van der Waals surface area contributed by atoms with Crippen molar-refractivity contribution in [3.05, 3.63) is 65.7 Å². The van der Waals surface area contributed by atoms with E-state index in [1.807, 2.05) is 6.92 Å². The Morgan fingerprint density at radius 3 is 2.23 bits per heavy atom. The predicted molar refractivity (Wildman–Crippen MR) is 98.4 cm³/mol. The van der Waals surface area contributed by atoms with Gasteiger partial charge >= 0.3 is 5.51 Å². The van der Waals surface area contributed by atoms with Crippen molar-refractivity contribution >= 4 is 21.8 Å². The SMILES string of the molecule is Cc1ccc(S(=O)(=O)NCCCC(SC(F)(F)F)c2ccccc2)cc1. The molecule has 2 aromatic carbocycles. The highest BCUT2D eigenvalue weighted by Crippen LogP contribution is 2.44. The molecule has 0 aromatic heterocycles. The van der Waals surface area contributed by atoms with Gasteiger partial charge in [0.25, 0.3) is 0 Å². The zero-order valence-electron chi connectivity index (χ0n) is 14.2. The second-order valence-electron chi connectivity index (χ2n) is 5.82. The van der Waals surface area contributed by atoms with Crippen molar-refractivity contribution in [3.63, 3.8) is 0 Å². The van der Waals surface area contributed by atoms with Gasteiger partial charge in [-0.3, -0.25) is 0 Å². The van der Waals surface area contributed by atoms with Crippen LogP contribution in [0.15, 0.2) is 59.5 Å². The van der Waals surface area contributed by atoms with Gasteiger partial charge in [0.15, 0.2) is 0 Å². The van der Waals surface area contributed by atoms with Gasteiger partial charge in [0.05, 0.1) is 4.90 Å². The largest absolute Gasteiger partial charge is 0.442 e. The van der Waals surface area contributed by atoms with E-state index in [0.717, 1.165) is 5.56 Å². The van der Waals surface area contributed by atoms with Crippen molar-refractivity contribution in [1.29, 1.82) is 0 Å². The Hall–Kier alpha value is -1.51. The first kappa shape index (κ1) is 20.8. The van der Waals surface area contributed by atoms with Gasteiger partial charge in [0.1, 0.15) is 0 Å². The number of aryl methyl sites for hydroxylation is 1. The first-order valence-electron chi connectivity index (χ1n) is 8.03. The molecule has 0 radical (unpaired) electrons. The zero-order chi connectivity index (χ0) is 19.2. The molecule has 3 nitrogen and oxygen atoms in total. The maximum atomic E-state index is 12.8. The number of thioether (sulfide) groups is 1. The molecule has 0 amide bonds. The van der Waals surface area contributed by atoms with Gasteiger partial charge in [-0.1, -0.05) is 48.0 Å². The van der Waals surface area contributed by atoms with Crippen LogP contribution in [0.3, 0.4) is 0 Å². The van der Waals surface area contributed by atoms with Crippen molar-refractivity contribution in [3.8, 4) is 0 Å². The van der Waals surface area contributed by atoms with Crippen LogP contribution in [0.2, 0.25) is 0 Å². The number of nitrogens with one attached hydrogen (secondary N) is 1. The maximum Gasteiger partial charge on any atom is 0.442 e. The van der Waals surface area contributed by atoms with Gasteiger partial charge < -0.3 is 0 Å². The molecule has 2 rings (SSSR count). The maximum absolute atomic E-state index is 12.8. The van der Waals surface area contributed by atoms with E-state index in [-0.39, 0.29) is 29.6 Å². The number of rotatable bonds is 8. The average molecular weight is 403 g/mol. The molecule has 0 aliphatic rings. The first-order chi connectivity index (χ1) is 12.2. The number of hydrogen-bond donors (Lipinski definition) is 1. The summed E-state index contributed by atoms with van der Waals surface area (Å²) >= 11 is -0.0664. The topological polar surface area (TPSA) is 46.2 Å². The van der Waals surface area contributed by atoms with E-state index in [0.29, 0.717) is 12.0 Å². The zero-order valence-corrected chi connectivity index (χ0v) is 15.8. The lowest BCUT2D eigenvalue weighted by Crippen LogP contribution is -2.25. The molecule has 2 aromatic rings. The molecule has 0 heterocycles. The second kappa shape index (κ2) is 8.92. The van der Waals surface area contributed by atoms with Crippen LogP contribution in [0.4, 0.5) is 13.2 Å². The minimum atomic E-state index is -4.35. The molecule has 26 heavy (non-hydrogen) atoms. The fourth-order valence-electron chi connectivity index (χ4n) is 2.42. The summed E-state index contributed by atoms with van der Waals surface area (Å²) in [5.41, 5.74) is -2.82. The molecule has 0 bridgehead atoms. The Morgan fingerprint density at radius 2 is 1.65 bits per heavy atom. The number of sulfonamides is 1. The molecule has 0 saturated carbocycles. The van der Waals surface area contributed by atoms with Crippen molar-refractivity contribution in [2.24, 2.45) is 0 Å². The lowest BCUT2D eigenvalue weighted by Gasteiger charge is -2.18. The van der Waals surface area contributed by atoms with Crippen LogP contribution in [0.5, 0.6) is 0 Å². The Kier molecular flexibility index (Phi) is 7.14. The van der Waals surface area contributed by atoms with Gasteiger partial charge in [-0.05, 0) is 49.2 Å². The van der Waals surface area contributed by atoms with E-state index >= 15 is 0 Å². The van der Waals surface area contributed by atoms with Gasteiger partial charge in [-0.25, -0.2) is 13.1 Å². The fourth-order valence-corrected chi connectivity index (χ4v) is 4.39. The Balaban J connectivity index is 1.94. The summed E-state index contributed by atoms with van der Waals surface area (Å²) in [5, 5.41) is -0.764. The van der Waals surface area contributed by atoms with Crippen molar-refractivity contribution in [2.75, 3.05) is 6.54 Å². The monoisotopic (exact) mass is 403 g/mol. The molecule has 0 aliphatic heterocycles. The normalized spacial score (nSPS) is 13.5. The third kappa shape index (κ3) is 6.66. The molecule has 8 heteroatoms. The third-order valence-corrected chi connectivity index (χ3v) is 6.25. The summed E-state index contributed by atoms with van der Waals surface area (Å²) in [6.45, 7) is 1.93. The van der Waals surface area contributed by atoms with E-state index in [1.165, 1.54) is 12.1 Å². The lowest BCUT2D eigenvalue weighted by atomic mass is 10.1. The van der Waals surface area contributed by atoms with Crippen molar-refractivity contribution in [1.82, 2.24) is 4.72 Å². The minimum Gasteiger partial charge on any atom is -0.211 e. The smallest absolute Gasteiger partial charge is 0.211 e. The standard InChI is InChI=1S/C18H20F3NO2S2/c1-14-9-11-16(12-10-14)26(23,24)22-13-5-8-17(25-18(19,20)21)15-6-3-2-4-7-15/h2-4,6-7,9-12,17,22H,5,8,13H2,1H3. The minimum absolute atomic E-state index is 0.0664. The molecule has 1 N–H and O–H groups in total. The number of halogens is 3. The van der Waals surface area contributed by atoms with Crippen LogP contribution in [0, 0.1) is 6.92 Å². The Labute approximate surface area is 156 Å². The summed E-state index contributed by atoms with van der Waals surface area (Å²) in [6, 6.07) is 14.8. The molecule has 1 atom stereocenters. The summed E-state index contributed by atoms with van der Waals surface area (Å²) in [6.07, 6.45) is 0.512. The fraction of sp³-hybridized carbons (Fsp3) is 0.333. The van der Waals surface area contributed by atoms with Crippen LogP contribution >= 0.6 is 11.8 Å². The van der Waals surface area contributed by atoms with Crippen molar-refractivity contribution < 1.29 is 21.6 Å². The highest BCUT2D eigenvalue weighted by atomic mass is 32.2. The first-order valence-corrected chi connectivity index (χ1v) is 10.4. The highest BCUT2D eigenvalue weighted by molar-refractivity contribution is 8.00. The quantitative estimate of drug-likeness (QED) is 0.628. The summed E-state index contributed by atoms with van der Waals surface area (Å²) in [4.78, 5) is 0.146. The lowest BCUT2D eigenvalue weighted by molar-refractivity contribution is -0.0334. The van der Waals surface area contributed by atoms with Gasteiger partial charge in [-0.2, -0.15) is 13.2 Å². The predicted octanol–water partition coefficient (Wildman–Crippen LogP) is 5.05. The summed E-state index contributed by atoms with van der Waals surface area (Å²) in [5.74, 6) is 0. The molecular weight excluding hydrogens is 383 g/mol. The van der Waals surface area contributed by atoms with Gasteiger partial charge in [-0.15, -0.1) is 0 Å². The average Bonchev–Trinajstić information content (AvgIpc) is 2.58. The van der Waals surface area contributed by atoms with Gasteiger partial charge in [0, 0.05) is 11.8 Å². The van der Waals surface area contributed by atoms with E-state index in [9.17, 15) is 21.6 Å². The number of benzene rings is 2. The molecule has 0 fully saturated rings. The number of hydrogen-bond acceptors (Lipinski definition) is 3. The number of alkyl halides is 3. The van der Waals surface area contributed by atoms with Crippen molar-refractivity contribution in [2.45, 2.75) is 35.4 Å². The molecule has 1 unspecified atom stereocenters. The van der Waals surface area contributed by atoms with E-state index < -0.39 is 20.8 Å². The van der Waals surface area contributed by atoms with E-state index in [4.69, 9.17) is 0 Å². The molecule has 0 spiro atoms. The third-order valence-electron chi connectivity index (χ3n) is 3.71. The van der Waals surface area contributed by atoms with E-state index in [1.54, 1.807) is 42.5 Å². The summed E-state index contributed by atoms with van der Waals surface area (Å²) in [7, 11) is -3.65. The molecule has 142 valence electrons. The Bertz CT molecular complexity index is 791. The van der Waals surface area contributed by atoms with Crippen LogP contribution in [-0.4, -0.2) is 20.5 Å². The van der Waals surface area contributed by atoms with Crippen LogP contribution < -0.4 is 4.72 Å². The van der Waals surface area contributed by atoms with E-state index in [2.05, 4.69) is 4.72 Å². The molecular formula is C18H20F3NO2S2.